The molecule has 3 rings (SSSR count). The summed E-state index contributed by atoms with van der Waals surface area (Å²) in [7, 11) is 0. The van der Waals surface area contributed by atoms with Gasteiger partial charge in [-0.15, -0.1) is 0 Å². The fraction of sp³-hybridized carbons (Fsp3) is 0.538. The lowest BCUT2D eigenvalue weighted by atomic mass is 9.74. The third-order valence-electron chi connectivity index (χ3n) is 6.21. The molecule has 0 bridgehead atoms. The van der Waals surface area contributed by atoms with E-state index in [4.69, 9.17) is 4.74 Å². The molecule has 0 radical (unpaired) electrons. The van der Waals surface area contributed by atoms with Crippen LogP contribution < -0.4 is 4.74 Å². The van der Waals surface area contributed by atoms with Crippen molar-refractivity contribution in [2.75, 3.05) is 26.2 Å². The maximum atomic E-state index is 12.2. The Morgan fingerprint density at radius 2 is 1.59 bits per heavy atom. The van der Waals surface area contributed by atoms with Crippen LogP contribution in [0.5, 0.6) is 5.75 Å². The molecule has 1 heterocycles. The molecule has 1 N–H and O–H groups in total. The Morgan fingerprint density at radius 3 is 2.17 bits per heavy atom. The molecule has 3 heteroatoms. The van der Waals surface area contributed by atoms with Gasteiger partial charge in [-0.25, -0.2) is 0 Å². The number of nitrogens with zero attached hydrogens (tertiary/aromatic N) is 1. The van der Waals surface area contributed by atoms with Crippen molar-refractivity contribution in [3.05, 3.63) is 65.7 Å². The normalized spacial score (nSPS) is 18.6. The molecule has 2 atom stereocenters. The van der Waals surface area contributed by atoms with Gasteiger partial charge in [-0.1, -0.05) is 68.7 Å². The summed E-state index contributed by atoms with van der Waals surface area (Å²) in [6.45, 7) is 7.97. The van der Waals surface area contributed by atoms with Crippen LogP contribution in [0, 0.1) is 0 Å². The van der Waals surface area contributed by atoms with E-state index in [9.17, 15) is 5.11 Å². The van der Waals surface area contributed by atoms with Gasteiger partial charge in [0, 0.05) is 12.5 Å². The molecule has 0 saturated carbocycles. The summed E-state index contributed by atoms with van der Waals surface area (Å²) in [6, 6.07) is 18.7. The van der Waals surface area contributed by atoms with Gasteiger partial charge in [-0.3, -0.25) is 0 Å². The Bertz CT molecular complexity index is 707. The van der Waals surface area contributed by atoms with Crippen LogP contribution in [0.25, 0.3) is 0 Å². The first-order valence-electron chi connectivity index (χ1n) is 11.4. The summed E-state index contributed by atoms with van der Waals surface area (Å²) >= 11 is 0. The highest BCUT2D eigenvalue weighted by atomic mass is 16.5. The van der Waals surface area contributed by atoms with Crippen molar-refractivity contribution in [2.45, 2.75) is 63.9 Å². The van der Waals surface area contributed by atoms with E-state index in [0.29, 0.717) is 6.61 Å². The zero-order valence-corrected chi connectivity index (χ0v) is 18.1. The van der Waals surface area contributed by atoms with E-state index in [1.54, 1.807) is 0 Å². The van der Waals surface area contributed by atoms with Crippen LogP contribution in [0.1, 0.15) is 69.4 Å². The average molecular weight is 396 g/mol. The smallest absolute Gasteiger partial charge is 0.119 e. The summed E-state index contributed by atoms with van der Waals surface area (Å²) in [5.41, 5.74) is 1.32. The molecule has 1 saturated heterocycles. The number of hydrogen-bond acceptors (Lipinski definition) is 3. The van der Waals surface area contributed by atoms with E-state index in [1.807, 2.05) is 19.1 Å². The first kappa shape index (κ1) is 21.9. The second-order valence-electron chi connectivity index (χ2n) is 8.31. The molecular formula is C26H37NO2. The van der Waals surface area contributed by atoms with E-state index >= 15 is 0 Å². The van der Waals surface area contributed by atoms with E-state index in [2.05, 4.69) is 54.3 Å². The molecule has 0 aromatic heterocycles. The number of hydrogen-bond donors (Lipinski definition) is 1. The van der Waals surface area contributed by atoms with Gasteiger partial charge in [0.15, 0.2) is 0 Å². The quantitative estimate of drug-likeness (QED) is 0.588. The lowest BCUT2D eigenvalue weighted by Gasteiger charge is -2.40. The predicted molar refractivity (Wildman–Crippen MR) is 121 cm³/mol. The molecule has 3 nitrogen and oxygen atoms in total. The largest absolute Gasteiger partial charge is 0.494 e. The van der Waals surface area contributed by atoms with Gasteiger partial charge >= 0.3 is 0 Å². The van der Waals surface area contributed by atoms with Crippen molar-refractivity contribution in [3.8, 4) is 5.75 Å². The van der Waals surface area contributed by atoms with Crippen LogP contribution in [0.4, 0.5) is 0 Å². The SMILES string of the molecule is CCC[C@](O)(c1ccc(OCC)cc1)[C@H](CN1CCCCCC1)c1ccccc1. The molecule has 0 spiro atoms. The van der Waals surface area contributed by atoms with Crippen LogP contribution in [0.15, 0.2) is 54.6 Å². The first-order valence-corrected chi connectivity index (χ1v) is 11.4. The van der Waals surface area contributed by atoms with Crippen LogP contribution in [0.2, 0.25) is 0 Å². The Hall–Kier alpha value is -1.84. The van der Waals surface area contributed by atoms with Crippen molar-refractivity contribution in [2.24, 2.45) is 0 Å². The Kier molecular flexibility index (Phi) is 8.14. The number of likely N-dealkylation sites (tertiary alicyclic amines) is 1. The van der Waals surface area contributed by atoms with Crippen LogP contribution >= 0.6 is 0 Å². The molecule has 0 unspecified atom stereocenters. The molecule has 2 aromatic carbocycles. The highest BCUT2D eigenvalue weighted by Gasteiger charge is 2.39. The first-order chi connectivity index (χ1) is 14.2. The fourth-order valence-electron chi connectivity index (χ4n) is 4.70. The van der Waals surface area contributed by atoms with E-state index in [0.717, 1.165) is 43.8 Å². The monoisotopic (exact) mass is 395 g/mol. The minimum absolute atomic E-state index is 0.0414. The van der Waals surface area contributed by atoms with E-state index in [-0.39, 0.29) is 5.92 Å². The van der Waals surface area contributed by atoms with Gasteiger partial charge in [0.25, 0.3) is 0 Å². The summed E-state index contributed by atoms with van der Waals surface area (Å²) in [4.78, 5) is 2.57. The third-order valence-corrected chi connectivity index (χ3v) is 6.21. The Morgan fingerprint density at radius 1 is 0.931 bits per heavy atom. The predicted octanol–water partition coefficient (Wildman–Crippen LogP) is 5.73. The second kappa shape index (κ2) is 10.8. The van der Waals surface area contributed by atoms with E-state index < -0.39 is 5.60 Å². The minimum Gasteiger partial charge on any atom is -0.494 e. The van der Waals surface area contributed by atoms with E-state index in [1.165, 1.54) is 31.2 Å². The van der Waals surface area contributed by atoms with Crippen LogP contribution in [-0.4, -0.2) is 36.2 Å². The van der Waals surface area contributed by atoms with Gasteiger partial charge < -0.3 is 14.7 Å². The number of benzene rings is 2. The van der Waals surface area contributed by atoms with Crippen molar-refractivity contribution in [1.29, 1.82) is 0 Å². The molecule has 0 aliphatic carbocycles. The summed E-state index contributed by atoms with van der Waals surface area (Å²) in [6.07, 6.45) is 6.85. The summed E-state index contributed by atoms with van der Waals surface area (Å²) in [5, 5.41) is 12.2. The zero-order valence-electron chi connectivity index (χ0n) is 18.1. The van der Waals surface area contributed by atoms with Crippen molar-refractivity contribution in [3.63, 3.8) is 0 Å². The second-order valence-corrected chi connectivity index (χ2v) is 8.31. The van der Waals surface area contributed by atoms with Gasteiger partial charge in [0.05, 0.1) is 12.2 Å². The summed E-state index contributed by atoms with van der Waals surface area (Å²) < 4.78 is 5.62. The molecule has 1 aliphatic heterocycles. The van der Waals surface area contributed by atoms with Crippen molar-refractivity contribution in [1.82, 2.24) is 4.90 Å². The standard InChI is InChI=1S/C26H37NO2/c1-3-18-26(28,23-14-16-24(17-15-23)29-4-2)25(22-12-8-7-9-13-22)21-27-19-10-5-6-11-20-27/h7-9,12-17,25,28H,3-6,10-11,18-21H2,1-2H3/t25-,26+/m1/s1. The highest BCUT2D eigenvalue weighted by Crippen LogP contribution is 2.42. The molecule has 1 fully saturated rings. The Labute approximate surface area is 176 Å². The maximum Gasteiger partial charge on any atom is 0.119 e. The topological polar surface area (TPSA) is 32.7 Å². The van der Waals surface area contributed by atoms with Gasteiger partial charge in [-0.2, -0.15) is 0 Å². The number of aliphatic hydroxyl groups is 1. The highest BCUT2D eigenvalue weighted by molar-refractivity contribution is 5.35. The van der Waals surface area contributed by atoms with Crippen molar-refractivity contribution >= 4 is 0 Å². The van der Waals surface area contributed by atoms with Gasteiger partial charge in [-0.05, 0) is 62.5 Å². The Balaban J connectivity index is 1.96. The minimum atomic E-state index is -0.896. The molecule has 2 aromatic rings. The molecule has 0 amide bonds. The van der Waals surface area contributed by atoms with Crippen molar-refractivity contribution < 1.29 is 9.84 Å². The molecular weight excluding hydrogens is 358 g/mol. The lowest BCUT2D eigenvalue weighted by Crippen LogP contribution is -2.41. The third kappa shape index (κ3) is 5.61. The van der Waals surface area contributed by atoms with Gasteiger partial charge in [0.2, 0.25) is 0 Å². The lowest BCUT2D eigenvalue weighted by molar-refractivity contribution is -0.0134. The zero-order chi connectivity index (χ0) is 20.5. The van der Waals surface area contributed by atoms with Crippen LogP contribution in [0.3, 0.4) is 0 Å². The molecule has 1 aliphatic rings. The number of ether oxygens (including phenoxy) is 1. The average Bonchev–Trinajstić information content (AvgIpc) is 3.02. The molecule has 158 valence electrons. The van der Waals surface area contributed by atoms with Crippen LogP contribution in [-0.2, 0) is 5.60 Å². The van der Waals surface area contributed by atoms with Gasteiger partial charge in [0.1, 0.15) is 5.75 Å². The summed E-state index contributed by atoms with van der Waals surface area (Å²) in [5.74, 6) is 0.901. The number of rotatable bonds is 9. The maximum absolute atomic E-state index is 12.2. The fourth-order valence-corrected chi connectivity index (χ4v) is 4.70. The molecule has 29 heavy (non-hydrogen) atoms.